The molecule has 0 atom stereocenters. The summed E-state index contributed by atoms with van der Waals surface area (Å²) in [7, 11) is 0. The number of carbonyl (C=O) groups is 1. The van der Waals surface area contributed by atoms with E-state index < -0.39 is 5.97 Å². The lowest BCUT2D eigenvalue weighted by atomic mass is 10.1. The zero-order valence-corrected chi connectivity index (χ0v) is 10.2. The standard InChI is InChI=1S/C14H11N3O2/c1-9-2-4-10(5-3-9)11-6-7-12-13(14(18)19)15-8-17(12)16-11/h2-8H,1H3,(H,18,19). The van der Waals surface area contributed by atoms with Gasteiger partial charge < -0.3 is 5.11 Å². The molecular weight excluding hydrogens is 242 g/mol. The van der Waals surface area contributed by atoms with E-state index in [1.54, 1.807) is 12.1 Å². The lowest BCUT2D eigenvalue weighted by Crippen LogP contribution is -1.99. The van der Waals surface area contributed by atoms with Gasteiger partial charge in [-0.1, -0.05) is 29.8 Å². The van der Waals surface area contributed by atoms with Gasteiger partial charge in [0.05, 0.1) is 11.2 Å². The highest BCUT2D eigenvalue weighted by atomic mass is 16.4. The molecule has 0 radical (unpaired) electrons. The minimum atomic E-state index is -1.05. The van der Waals surface area contributed by atoms with Gasteiger partial charge in [0.15, 0.2) is 5.69 Å². The molecule has 2 heterocycles. The van der Waals surface area contributed by atoms with Crippen LogP contribution in [0.25, 0.3) is 16.8 Å². The molecule has 5 heteroatoms. The summed E-state index contributed by atoms with van der Waals surface area (Å²) in [5, 5.41) is 13.4. The lowest BCUT2D eigenvalue weighted by molar-refractivity contribution is 0.0693. The van der Waals surface area contributed by atoms with Crippen LogP contribution in [0.2, 0.25) is 0 Å². The summed E-state index contributed by atoms with van der Waals surface area (Å²) in [5.74, 6) is -1.05. The molecule has 1 N–H and O–H groups in total. The highest BCUT2D eigenvalue weighted by Crippen LogP contribution is 2.19. The normalized spacial score (nSPS) is 10.8. The summed E-state index contributed by atoms with van der Waals surface area (Å²) in [5.41, 5.74) is 3.45. The predicted molar refractivity (Wildman–Crippen MR) is 70.1 cm³/mol. The highest BCUT2D eigenvalue weighted by molar-refractivity contribution is 5.93. The lowest BCUT2D eigenvalue weighted by Gasteiger charge is -2.02. The first-order chi connectivity index (χ1) is 9.15. The van der Waals surface area contributed by atoms with Gasteiger partial charge >= 0.3 is 5.97 Å². The second-order valence-electron chi connectivity index (χ2n) is 4.31. The average molecular weight is 253 g/mol. The molecule has 94 valence electrons. The molecule has 0 aliphatic rings. The maximum Gasteiger partial charge on any atom is 0.356 e. The van der Waals surface area contributed by atoms with E-state index in [1.807, 2.05) is 31.2 Å². The third-order valence-corrected chi connectivity index (χ3v) is 2.95. The first-order valence-electron chi connectivity index (χ1n) is 5.80. The van der Waals surface area contributed by atoms with Crippen molar-refractivity contribution in [1.29, 1.82) is 0 Å². The fraction of sp³-hybridized carbons (Fsp3) is 0.0714. The first kappa shape index (κ1) is 11.4. The molecule has 1 aromatic carbocycles. The third kappa shape index (κ3) is 1.95. The molecule has 0 saturated heterocycles. The van der Waals surface area contributed by atoms with Gasteiger partial charge in [0.1, 0.15) is 6.33 Å². The predicted octanol–water partition coefficient (Wildman–Crippen LogP) is 2.40. The van der Waals surface area contributed by atoms with E-state index in [0.29, 0.717) is 5.52 Å². The van der Waals surface area contributed by atoms with Crippen molar-refractivity contribution in [2.75, 3.05) is 0 Å². The van der Waals surface area contributed by atoms with Crippen LogP contribution in [-0.4, -0.2) is 25.7 Å². The van der Waals surface area contributed by atoms with E-state index in [2.05, 4.69) is 10.1 Å². The average Bonchev–Trinajstić information content (AvgIpc) is 2.82. The number of carboxylic acid groups (broad SMARTS) is 1. The molecule has 3 rings (SSSR count). The number of nitrogens with zero attached hydrogens (tertiary/aromatic N) is 3. The molecule has 0 amide bonds. The monoisotopic (exact) mass is 253 g/mol. The number of aryl methyl sites for hydroxylation is 1. The summed E-state index contributed by atoms with van der Waals surface area (Å²) >= 11 is 0. The van der Waals surface area contributed by atoms with Gasteiger partial charge in [0.2, 0.25) is 0 Å². The van der Waals surface area contributed by atoms with Crippen molar-refractivity contribution in [2.45, 2.75) is 6.92 Å². The second-order valence-corrected chi connectivity index (χ2v) is 4.31. The largest absolute Gasteiger partial charge is 0.476 e. The van der Waals surface area contributed by atoms with Gasteiger partial charge in [-0.3, -0.25) is 0 Å². The third-order valence-electron chi connectivity index (χ3n) is 2.95. The van der Waals surface area contributed by atoms with Gasteiger partial charge in [0, 0.05) is 5.56 Å². The maximum atomic E-state index is 11.0. The molecule has 0 aliphatic heterocycles. The minimum Gasteiger partial charge on any atom is -0.476 e. The van der Waals surface area contributed by atoms with Crippen LogP contribution in [0.3, 0.4) is 0 Å². The Kier molecular flexibility index (Phi) is 2.52. The Balaban J connectivity index is 2.12. The molecule has 0 unspecified atom stereocenters. The molecule has 0 saturated carbocycles. The van der Waals surface area contributed by atoms with Crippen molar-refractivity contribution >= 4 is 11.5 Å². The number of hydrogen-bond acceptors (Lipinski definition) is 3. The number of benzene rings is 1. The van der Waals surface area contributed by atoms with Crippen LogP contribution in [0, 0.1) is 6.92 Å². The summed E-state index contributed by atoms with van der Waals surface area (Å²) in [4.78, 5) is 14.8. The van der Waals surface area contributed by atoms with E-state index in [-0.39, 0.29) is 5.69 Å². The van der Waals surface area contributed by atoms with Crippen molar-refractivity contribution in [3.05, 3.63) is 54.0 Å². The van der Waals surface area contributed by atoms with Gasteiger partial charge in [-0.25, -0.2) is 14.3 Å². The van der Waals surface area contributed by atoms with Gasteiger partial charge in [-0.05, 0) is 19.1 Å². The topological polar surface area (TPSA) is 67.5 Å². The number of aromatic carboxylic acids is 1. The Hall–Kier alpha value is -2.69. The summed E-state index contributed by atoms with van der Waals surface area (Å²) < 4.78 is 1.48. The maximum absolute atomic E-state index is 11.0. The Morgan fingerprint density at radius 2 is 1.89 bits per heavy atom. The fourth-order valence-corrected chi connectivity index (χ4v) is 1.93. The molecule has 0 aliphatic carbocycles. The summed E-state index contributed by atoms with van der Waals surface area (Å²) in [6.07, 6.45) is 1.41. The smallest absolute Gasteiger partial charge is 0.356 e. The minimum absolute atomic E-state index is 0.0166. The number of hydrogen-bond donors (Lipinski definition) is 1. The molecular formula is C14H11N3O2. The Morgan fingerprint density at radius 1 is 1.16 bits per heavy atom. The van der Waals surface area contributed by atoms with E-state index in [1.165, 1.54) is 16.4 Å². The van der Waals surface area contributed by atoms with Crippen LogP contribution in [0.1, 0.15) is 16.1 Å². The Morgan fingerprint density at radius 3 is 2.58 bits per heavy atom. The zero-order valence-electron chi connectivity index (χ0n) is 10.2. The quantitative estimate of drug-likeness (QED) is 0.761. The molecule has 5 nitrogen and oxygen atoms in total. The Bertz CT molecular complexity index is 760. The number of rotatable bonds is 2. The summed E-state index contributed by atoms with van der Waals surface area (Å²) in [6, 6.07) is 11.5. The zero-order chi connectivity index (χ0) is 13.4. The molecule has 0 fully saturated rings. The van der Waals surface area contributed by atoms with Crippen LogP contribution in [0.15, 0.2) is 42.7 Å². The number of imidazole rings is 1. The molecule has 0 spiro atoms. The van der Waals surface area contributed by atoms with Crippen LogP contribution in [0.4, 0.5) is 0 Å². The SMILES string of the molecule is Cc1ccc(-c2ccc3c(C(=O)O)ncn3n2)cc1. The fourth-order valence-electron chi connectivity index (χ4n) is 1.93. The number of carboxylic acids is 1. The molecule has 0 bridgehead atoms. The van der Waals surface area contributed by atoms with Crippen molar-refractivity contribution in [3.63, 3.8) is 0 Å². The van der Waals surface area contributed by atoms with E-state index >= 15 is 0 Å². The molecule has 2 aromatic heterocycles. The molecule has 19 heavy (non-hydrogen) atoms. The van der Waals surface area contributed by atoms with Gasteiger partial charge in [-0.2, -0.15) is 5.10 Å². The van der Waals surface area contributed by atoms with E-state index in [0.717, 1.165) is 11.3 Å². The van der Waals surface area contributed by atoms with Crippen LogP contribution in [0.5, 0.6) is 0 Å². The van der Waals surface area contributed by atoms with E-state index in [4.69, 9.17) is 5.11 Å². The highest BCUT2D eigenvalue weighted by Gasteiger charge is 2.12. The first-order valence-corrected chi connectivity index (χ1v) is 5.80. The number of aromatic nitrogens is 3. The van der Waals surface area contributed by atoms with Gasteiger partial charge in [0.25, 0.3) is 0 Å². The van der Waals surface area contributed by atoms with Crippen molar-refractivity contribution in [2.24, 2.45) is 0 Å². The van der Waals surface area contributed by atoms with Crippen LogP contribution in [-0.2, 0) is 0 Å². The van der Waals surface area contributed by atoms with E-state index in [9.17, 15) is 4.79 Å². The summed E-state index contributed by atoms with van der Waals surface area (Å²) in [6.45, 7) is 2.02. The van der Waals surface area contributed by atoms with Crippen molar-refractivity contribution in [1.82, 2.24) is 14.6 Å². The van der Waals surface area contributed by atoms with Crippen LogP contribution < -0.4 is 0 Å². The second kappa shape index (κ2) is 4.20. The van der Waals surface area contributed by atoms with Crippen molar-refractivity contribution in [3.8, 4) is 11.3 Å². The van der Waals surface area contributed by atoms with Gasteiger partial charge in [-0.15, -0.1) is 0 Å². The number of fused-ring (bicyclic) bond motifs is 1. The molecule has 3 aromatic rings. The van der Waals surface area contributed by atoms with Crippen molar-refractivity contribution < 1.29 is 9.90 Å². The van der Waals surface area contributed by atoms with Crippen LogP contribution >= 0.6 is 0 Å². The Labute approximate surface area is 109 Å².